The normalized spacial score (nSPS) is 33.5. The van der Waals surface area contributed by atoms with Crippen LogP contribution >= 0.6 is 0 Å². The Hall–Kier alpha value is -1.87. The Morgan fingerprint density at radius 2 is 1.95 bits per heavy atom. The Bertz CT molecular complexity index is 642. The van der Waals surface area contributed by atoms with Gasteiger partial charge in [0.1, 0.15) is 41.1 Å². The third-order valence-corrected chi connectivity index (χ3v) is 4.06. The van der Waals surface area contributed by atoms with Crippen molar-refractivity contribution in [1.29, 1.82) is 0 Å². The van der Waals surface area contributed by atoms with Gasteiger partial charge in [-0.1, -0.05) is 0 Å². The van der Waals surface area contributed by atoms with E-state index in [-0.39, 0.29) is 35.7 Å². The zero-order valence-corrected chi connectivity index (χ0v) is 11.7. The number of hydrogen-bond donors (Lipinski definition) is 5. The van der Waals surface area contributed by atoms with E-state index in [1.54, 1.807) is 0 Å². The summed E-state index contributed by atoms with van der Waals surface area (Å²) in [6, 6.07) is 1.01. The van der Waals surface area contributed by atoms with Crippen LogP contribution in [0.4, 0.5) is 0 Å². The lowest BCUT2D eigenvalue weighted by Crippen LogP contribution is -2.63. The summed E-state index contributed by atoms with van der Waals surface area (Å²) in [5.41, 5.74) is 0.0479. The van der Waals surface area contributed by atoms with Crippen molar-refractivity contribution >= 4 is 5.78 Å². The van der Waals surface area contributed by atoms with Gasteiger partial charge in [0, 0.05) is 18.1 Å². The maximum atomic E-state index is 11.7. The van der Waals surface area contributed by atoms with E-state index in [2.05, 4.69) is 0 Å². The van der Waals surface area contributed by atoms with Gasteiger partial charge in [0.05, 0.1) is 6.61 Å². The van der Waals surface area contributed by atoms with Crippen LogP contribution in [0.5, 0.6) is 17.2 Å². The number of ketones is 1. The molecule has 22 heavy (non-hydrogen) atoms. The molecule has 0 saturated carbocycles. The molecule has 0 bridgehead atoms. The van der Waals surface area contributed by atoms with Gasteiger partial charge < -0.3 is 35.0 Å². The molecule has 4 atom stereocenters. The highest BCUT2D eigenvalue weighted by Gasteiger charge is 2.56. The van der Waals surface area contributed by atoms with Crippen LogP contribution < -0.4 is 4.74 Å². The third kappa shape index (κ3) is 1.96. The van der Waals surface area contributed by atoms with E-state index in [0.29, 0.717) is 0 Å². The number of Topliss-reactive ketones (excluding diaryl/α,β-unsaturated/α-hetero) is 1. The Morgan fingerprint density at radius 3 is 2.59 bits per heavy atom. The molecule has 1 saturated heterocycles. The highest BCUT2D eigenvalue weighted by Crippen LogP contribution is 2.49. The number of phenolic OH excluding ortho intramolecular Hbond substituents is 2. The summed E-state index contributed by atoms with van der Waals surface area (Å²) in [4.78, 5) is 11.7. The second-order valence-corrected chi connectivity index (χ2v) is 5.56. The number of fused-ring (bicyclic) bond motifs is 1. The van der Waals surface area contributed by atoms with Crippen molar-refractivity contribution in [2.45, 2.75) is 37.4 Å². The number of carbonyl (C=O) groups is 1. The van der Waals surface area contributed by atoms with Crippen LogP contribution in [0.1, 0.15) is 22.8 Å². The van der Waals surface area contributed by atoms with Crippen LogP contribution in [0.25, 0.3) is 0 Å². The maximum Gasteiger partial charge on any atom is 0.243 e. The fourth-order valence-corrected chi connectivity index (χ4v) is 2.88. The molecule has 0 amide bonds. The van der Waals surface area contributed by atoms with Crippen molar-refractivity contribution < 1.29 is 39.8 Å². The zero-order valence-electron chi connectivity index (χ0n) is 11.7. The van der Waals surface area contributed by atoms with Gasteiger partial charge in [-0.15, -0.1) is 0 Å². The fourth-order valence-electron chi connectivity index (χ4n) is 2.88. The molecule has 2 aliphatic rings. The molecule has 0 radical (unpaired) electrons. The second-order valence-electron chi connectivity index (χ2n) is 5.56. The van der Waals surface area contributed by atoms with Gasteiger partial charge in [-0.2, -0.15) is 0 Å². The number of benzene rings is 1. The van der Waals surface area contributed by atoms with E-state index in [9.17, 15) is 30.3 Å². The summed E-state index contributed by atoms with van der Waals surface area (Å²) in [5.74, 6) is -3.07. The summed E-state index contributed by atoms with van der Waals surface area (Å²) in [5, 5.41) is 49.3. The highest BCUT2D eigenvalue weighted by atomic mass is 16.7. The number of aliphatic hydroxyl groups excluding tert-OH is 3. The Kier molecular flexibility index (Phi) is 3.29. The minimum atomic E-state index is -1.73. The van der Waals surface area contributed by atoms with Gasteiger partial charge in [-0.25, -0.2) is 0 Å². The van der Waals surface area contributed by atoms with E-state index in [1.165, 1.54) is 6.92 Å². The SMILES string of the molecule is CC(=O)c1c(O)cc(O)c2c1O[C@@]1(C2)OC[C@@H](O)[C@H](O)[C@@H]1O. The van der Waals surface area contributed by atoms with E-state index in [4.69, 9.17) is 9.47 Å². The van der Waals surface area contributed by atoms with E-state index >= 15 is 0 Å². The average molecular weight is 312 g/mol. The monoisotopic (exact) mass is 312 g/mol. The zero-order chi connectivity index (χ0) is 16.2. The van der Waals surface area contributed by atoms with Crippen LogP contribution in [0.3, 0.4) is 0 Å². The van der Waals surface area contributed by atoms with Gasteiger partial charge in [0.25, 0.3) is 0 Å². The van der Waals surface area contributed by atoms with Gasteiger partial charge in [0.15, 0.2) is 5.78 Å². The Balaban J connectivity index is 2.07. The Labute approximate surface area is 125 Å². The molecule has 5 N–H and O–H groups in total. The third-order valence-electron chi connectivity index (χ3n) is 4.06. The first-order valence-electron chi connectivity index (χ1n) is 6.73. The largest absolute Gasteiger partial charge is 0.507 e. The number of rotatable bonds is 1. The van der Waals surface area contributed by atoms with Crippen LogP contribution in [0.15, 0.2) is 6.07 Å². The van der Waals surface area contributed by atoms with Crippen molar-refractivity contribution in [3.8, 4) is 17.2 Å². The number of phenols is 2. The second kappa shape index (κ2) is 4.82. The molecule has 0 aliphatic carbocycles. The van der Waals surface area contributed by atoms with Crippen LogP contribution in [-0.4, -0.2) is 62.0 Å². The summed E-state index contributed by atoms with van der Waals surface area (Å²) in [6.45, 7) is 0.936. The van der Waals surface area contributed by atoms with Crippen molar-refractivity contribution in [2.75, 3.05) is 6.61 Å². The minimum Gasteiger partial charge on any atom is -0.507 e. The van der Waals surface area contributed by atoms with Crippen molar-refractivity contribution in [3.05, 3.63) is 17.2 Å². The molecule has 1 spiro atoms. The molecule has 8 heteroatoms. The number of hydrogen-bond acceptors (Lipinski definition) is 8. The molecule has 120 valence electrons. The van der Waals surface area contributed by atoms with E-state index in [0.717, 1.165) is 6.07 Å². The fraction of sp³-hybridized carbons (Fsp3) is 0.500. The van der Waals surface area contributed by atoms with Crippen molar-refractivity contribution in [3.63, 3.8) is 0 Å². The first-order chi connectivity index (χ1) is 10.3. The van der Waals surface area contributed by atoms with Crippen LogP contribution in [0.2, 0.25) is 0 Å². The predicted octanol–water partition coefficient (Wildman–Crippen LogP) is -0.956. The lowest BCUT2D eigenvalue weighted by molar-refractivity contribution is -0.300. The number of carbonyl (C=O) groups excluding carboxylic acids is 1. The lowest BCUT2D eigenvalue weighted by Gasteiger charge is -2.41. The van der Waals surface area contributed by atoms with E-state index in [1.807, 2.05) is 0 Å². The molecule has 8 nitrogen and oxygen atoms in total. The maximum absolute atomic E-state index is 11.7. The molecule has 0 aromatic heterocycles. The number of aliphatic hydroxyl groups is 3. The first kappa shape index (κ1) is 15.0. The van der Waals surface area contributed by atoms with Gasteiger partial charge in [-0.05, 0) is 6.92 Å². The molecule has 1 fully saturated rings. The van der Waals surface area contributed by atoms with Gasteiger partial charge in [0.2, 0.25) is 5.79 Å². The molecule has 2 aliphatic heterocycles. The topological polar surface area (TPSA) is 137 Å². The standard InChI is InChI=1S/C14H16O8/c1-5(15)10-8(17)2-7(16)6-3-14(22-12(6)10)13(20)11(19)9(18)4-21-14/h2,9,11,13,16-20H,3-4H2,1H3/t9-,11+,13+,14-/m1/s1. The first-order valence-corrected chi connectivity index (χ1v) is 6.73. The van der Waals surface area contributed by atoms with Gasteiger partial charge in [-0.3, -0.25) is 4.79 Å². The van der Waals surface area contributed by atoms with Crippen molar-refractivity contribution in [2.24, 2.45) is 0 Å². The lowest BCUT2D eigenvalue weighted by atomic mass is 9.92. The smallest absolute Gasteiger partial charge is 0.243 e. The highest BCUT2D eigenvalue weighted by molar-refractivity contribution is 6.00. The van der Waals surface area contributed by atoms with E-state index < -0.39 is 35.6 Å². The van der Waals surface area contributed by atoms with Gasteiger partial charge >= 0.3 is 0 Å². The number of ether oxygens (including phenoxy) is 2. The molecular formula is C14H16O8. The molecule has 1 aromatic carbocycles. The molecule has 2 heterocycles. The quantitative estimate of drug-likeness (QED) is 0.418. The summed E-state index contributed by atoms with van der Waals surface area (Å²) >= 11 is 0. The van der Waals surface area contributed by atoms with Crippen LogP contribution in [-0.2, 0) is 11.2 Å². The molecular weight excluding hydrogens is 296 g/mol. The summed E-state index contributed by atoms with van der Waals surface area (Å²) < 4.78 is 10.9. The summed E-state index contributed by atoms with van der Waals surface area (Å²) in [6.07, 6.45) is -4.51. The van der Waals surface area contributed by atoms with Crippen LogP contribution in [0, 0.1) is 0 Å². The van der Waals surface area contributed by atoms with Crippen molar-refractivity contribution in [1.82, 2.24) is 0 Å². The average Bonchev–Trinajstić information content (AvgIpc) is 2.82. The molecule has 0 unspecified atom stereocenters. The summed E-state index contributed by atoms with van der Waals surface area (Å²) in [7, 11) is 0. The number of aromatic hydroxyl groups is 2. The molecule has 1 aromatic rings. The predicted molar refractivity (Wildman–Crippen MR) is 70.8 cm³/mol. The molecule has 3 rings (SSSR count). The Morgan fingerprint density at radius 1 is 1.27 bits per heavy atom. The minimum absolute atomic E-state index is 0.0901.